The molecule has 7 nitrogen and oxygen atoms in total. The van der Waals surface area contributed by atoms with Gasteiger partial charge in [0.15, 0.2) is 0 Å². The summed E-state index contributed by atoms with van der Waals surface area (Å²) < 4.78 is 39.5. The quantitative estimate of drug-likeness (QED) is 0.0418. The number of unbranched alkanes of at least 4 members (excludes halogenated alkanes) is 12. The molecule has 0 aromatic heterocycles. The van der Waals surface area contributed by atoms with Gasteiger partial charge in [-0.1, -0.05) is 114 Å². The Morgan fingerprint density at radius 3 is 1.93 bits per heavy atom. The SMILES string of the molecule is CCCCCCCCCCCCCCCC(=O)Oc1ccc(N=Nc2cccc(S(=O)(=O)[O-])c2)c2ccccc12.[Na+]. The molecule has 3 aromatic carbocycles. The molecular weight excluding hydrogens is 547 g/mol. The van der Waals surface area contributed by atoms with Crippen molar-refractivity contribution in [2.24, 2.45) is 10.2 Å². The van der Waals surface area contributed by atoms with Crippen LogP contribution >= 0.6 is 0 Å². The summed E-state index contributed by atoms with van der Waals surface area (Å²) in [5.41, 5.74) is 0.775. The molecule has 0 aliphatic carbocycles. The van der Waals surface area contributed by atoms with Crippen molar-refractivity contribution in [2.45, 2.75) is 102 Å². The monoisotopic (exact) mass is 588 g/mol. The van der Waals surface area contributed by atoms with E-state index < -0.39 is 10.1 Å². The number of ether oxygens (including phenoxy) is 1. The molecule has 0 saturated heterocycles. The Morgan fingerprint density at radius 1 is 0.732 bits per heavy atom. The molecule has 0 spiro atoms. The molecule has 3 rings (SSSR count). The molecule has 0 bridgehead atoms. The molecular formula is C32H41N2NaO5S. The molecule has 3 aromatic rings. The van der Waals surface area contributed by atoms with Crippen molar-refractivity contribution in [1.29, 1.82) is 0 Å². The summed E-state index contributed by atoms with van der Waals surface area (Å²) in [6, 6.07) is 16.2. The van der Waals surface area contributed by atoms with Gasteiger partial charge in [0.25, 0.3) is 0 Å². The molecule has 0 aliphatic rings. The molecule has 0 saturated carbocycles. The fourth-order valence-corrected chi connectivity index (χ4v) is 5.22. The minimum absolute atomic E-state index is 0. The van der Waals surface area contributed by atoms with E-state index in [9.17, 15) is 17.8 Å². The zero-order valence-corrected chi connectivity index (χ0v) is 27.3. The third kappa shape index (κ3) is 12.7. The van der Waals surface area contributed by atoms with E-state index in [1.807, 2.05) is 24.3 Å². The van der Waals surface area contributed by atoms with Crippen molar-refractivity contribution >= 4 is 38.2 Å². The van der Waals surface area contributed by atoms with Crippen LogP contribution in [0, 0.1) is 0 Å². The maximum absolute atomic E-state index is 12.5. The maximum atomic E-state index is 12.5. The third-order valence-electron chi connectivity index (χ3n) is 6.95. The van der Waals surface area contributed by atoms with Gasteiger partial charge in [-0.2, -0.15) is 5.11 Å². The molecule has 0 unspecified atom stereocenters. The van der Waals surface area contributed by atoms with Crippen LogP contribution in [-0.4, -0.2) is 18.9 Å². The first kappa shape index (κ1) is 35.1. The van der Waals surface area contributed by atoms with Crippen molar-refractivity contribution in [2.75, 3.05) is 0 Å². The predicted octanol–water partition coefficient (Wildman–Crippen LogP) is 6.55. The van der Waals surface area contributed by atoms with Crippen LogP contribution in [0.5, 0.6) is 5.75 Å². The van der Waals surface area contributed by atoms with Crippen molar-refractivity contribution in [3.05, 3.63) is 60.7 Å². The third-order valence-corrected chi connectivity index (χ3v) is 7.78. The Balaban J connectivity index is 0.00000588. The van der Waals surface area contributed by atoms with Crippen LogP contribution in [0.1, 0.15) is 96.8 Å². The zero-order valence-electron chi connectivity index (χ0n) is 24.5. The topological polar surface area (TPSA) is 108 Å². The number of rotatable bonds is 18. The number of carbonyl (C=O) groups excluding carboxylic acids is 1. The second-order valence-corrected chi connectivity index (χ2v) is 11.6. The summed E-state index contributed by atoms with van der Waals surface area (Å²) in [6.45, 7) is 2.25. The normalized spacial score (nSPS) is 11.6. The Kier molecular flexibility index (Phi) is 16.4. The van der Waals surface area contributed by atoms with E-state index in [4.69, 9.17) is 4.74 Å². The number of esters is 1. The van der Waals surface area contributed by atoms with Crippen LogP contribution in [-0.2, 0) is 14.9 Å². The number of azo groups is 1. The summed E-state index contributed by atoms with van der Waals surface area (Å²) >= 11 is 0. The van der Waals surface area contributed by atoms with Gasteiger partial charge in [0.1, 0.15) is 15.9 Å². The molecule has 216 valence electrons. The van der Waals surface area contributed by atoms with Gasteiger partial charge in [-0.25, -0.2) is 8.42 Å². The number of benzene rings is 3. The second-order valence-electron chi connectivity index (χ2n) is 10.2. The van der Waals surface area contributed by atoms with Crippen molar-refractivity contribution in [3.63, 3.8) is 0 Å². The molecule has 0 aliphatic heterocycles. The predicted molar refractivity (Wildman–Crippen MR) is 158 cm³/mol. The van der Waals surface area contributed by atoms with Gasteiger partial charge in [-0.05, 0) is 36.8 Å². The van der Waals surface area contributed by atoms with E-state index in [-0.39, 0.29) is 46.1 Å². The summed E-state index contributed by atoms with van der Waals surface area (Å²) in [5, 5.41) is 9.83. The molecule has 0 atom stereocenters. The van der Waals surface area contributed by atoms with Crippen LogP contribution in [0.25, 0.3) is 10.8 Å². The Hall–Kier alpha value is -2.10. The van der Waals surface area contributed by atoms with Gasteiger partial charge < -0.3 is 9.29 Å². The van der Waals surface area contributed by atoms with Crippen LogP contribution in [0.15, 0.2) is 75.8 Å². The molecule has 0 N–H and O–H groups in total. The molecule has 0 fully saturated rings. The van der Waals surface area contributed by atoms with E-state index in [0.29, 0.717) is 17.9 Å². The first-order valence-corrected chi connectivity index (χ1v) is 16.0. The molecule has 0 radical (unpaired) electrons. The van der Waals surface area contributed by atoms with Gasteiger partial charge in [0.05, 0.1) is 16.3 Å². The van der Waals surface area contributed by atoms with E-state index in [1.165, 1.54) is 82.4 Å². The summed E-state index contributed by atoms with van der Waals surface area (Å²) in [7, 11) is -4.58. The average molecular weight is 589 g/mol. The van der Waals surface area contributed by atoms with Gasteiger partial charge >= 0.3 is 35.5 Å². The van der Waals surface area contributed by atoms with E-state index in [0.717, 1.165) is 30.0 Å². The number of carbonyl (C=O) groups is 1. The largest absolute Gasteiger partial charge is 1.00 e. The van der Waals surface area contributed by atoms with Crippen LogP contribution < -0.4 is 34.3 Å². The molecule has 41 heavy (non-hydrogen) atoms. The first-order valence-electron chi connectivity index (χ1n) is 14.6. The number of hydrogen-bond donors (Lipinski definition) is 0. The fraction of sp³-hybridized carbons (Fsp3) is 0.469. The van der Waals surface area contributed by atoms with Crippen LogP contribution in [0.4, 0.5) is 11.4 Å². The van der Waals surface area contributed by atoms with Crippen LogP contribution in [0.2, 0.25) is 0 Å². The van der Waals surface area contributed by atoms with E-state index >= 15 is 0 Å². The maximum Gasteiger partial charge on any atom is 1.00 e. The van der Waals surface area contributed by atoms with Crippen LogP contribution in [0.3, 0.4) is 0 Å². The average Bonchev–Trinajstić information content (AvgIpc) is 2.95. The fourth-order valence-electron chi connectivity index (χ4n) is 4.71. The molecule has 0 heterocycles. The summed E-state index contributed by atoms with van der Waals surface area (Å²) in [5.74, 6) is 0.215. The minimum atomic E-state index is -4.58. The van der Waals surface area contributed by atoms with Gasteiger partial charge in [0, 0.05) is 17.2 Å². The summed E-state index contributed by atoms with van der Waals surface area (Å²) in [6.07, 6.45) is 16.7. The van der Waals surface area contributed by atoms with Gasteiger partial charge in [0.2, 0.25) is 0 Å². The zero-order chi connectivity index (χ0) is 28.6. The Morgan fingerprint density at radius 2 is 1.32 bits per heavy atom. The summed E-state index contributed by atoms with van der Waals surface area (Å²) in [4.78, 5) is 12.2. The van der Waals surface area contributed by atoms with Crippen molar-refractivity contribution < 1.29 is 52.1 Å². The Labute approximate surface area is 267 Å². The standard InChI is InChI=1S/C32H42N2O5S.Na/c1-2-3-4-5-6-7-8-9-10-11-12-13-14-22-32(35)39-31-24-23-30(28-20-15-16-21-29(28)31)34-33-26-18-17-19-27(25-26)40(36,37)38;/h15-21,23-25H,2-14,22H2,1H3,(H,36,37,38);/q;+1/p-1. The van der Waals surface area contributed by atoms with Gasteiger partial charge in [-0.15, -0.1) is 5.11 Å². The second kappa shape index (κ2) is 19.2. The number of nitrogens with zero attached hydrogens (tertiary/aromatic N) is 2. The van der Waals surface area contributed by atoms with Gasteiger partial charge in [-0.3, -0.25) is 4.79 Å². The van der Waals surface area contributed by atoms with Crippen molar-refractivity contribution in [1.82, 2.24) is 0 Å². The van der Waals surface area contributed by atoms with E-state index in [1.54, 1.807) is 18.2 Å². The van der Waals surface area contributed by atoms with E-state index in [2.05, 4.69) is 17.2 Å². The molecule has 9 heteroatoms. The molecule has 0 amide bonds. The number of fused-ring (bicyclic) bond motifs is 1. The number of hydrogen-bond acceptors (Lipinski definition) is 7. The first-order chi connectivity index (χ1) is 19.4. The smallest absolute Gasteiger partial charge is 0.744 e. The Bertz CT molecular complexity index is 1360. The van der Waals surface area contributed by atoms with Crippen molar-refractivity contribution in [3.8, 4) is 5.75 Å². The minimum Gasteiger partial charge on any atom is -0.744 e.